The molecule has 25 heavy (non-hydrogen) atoms. The number of nitrogens with one attached hydrogen (secondary N) is 1. The van der Waals surface area contributed by atoms with Crippen molar-refractivity contribution in [2.45, 2.75) is 9.79 Å². The van der Waals surface area contributed by atoms with Crippen molar-refractivity contribution in [3.63, 3.8) is 0 Å². The van der Waals surface area contributed by atoms with Crippen molar-refractivity contribution in [2.75, 3.05) is 37.8 Å². The molecule has 0 bridgehead atoms. The molecule has 9 heteroatoms. The molecule has 0 fully saturated rings. The minimum absolute atomic E-state index is 0.0150. The Labute approximate surface area is 149 Å². The summed E-state index contributed by atoms with van der Waals surface area (Å²) in [6, 6.07) is 12.1. The van der Waals surface area contributed by atoms with Gasteiger partial charge in [0.05, 0.1) is 21.2 Å². The van der Waals surface area contributed by atoms with Crippen molar-refractivity contribution >= 4 is 31.4 Å². The van der Waals surface area contributed by atoms with E-state index in [0.717, 1.165) is 9.99 Å². The number of benzene rings is 2. The van der Waals surface area contributed by atoms with Gasteiger partial charge in [-0.15, -0.1) is 0 Å². The average Bonchev–Trinajstić information content (AvgIpc) is 2.54. The van der Waals surface area contributed by atoms with Crippen LogP contribution in [-0.2, 0) is 20.0 Å². The molecule has 0 aliphatic rings. The fourth-order valence-electron chi connectivity index (χ4n) is 2.16. The molecular formula is C16H21N3O4S2. The van der Waals surface area contributed by atoms with Crippen LogP contribution in [0.25, 0.3) is 0 Å². The molecule has 0 aliphatic carbocycles. The highest BCUT2D eigenvalue weighted by Gasteiger charge is 2.20. The Morgan fingerprint density at radius 1 is 0.760 bits per heavy atom. The number of sulfonamides is 2. The van der Waals surface area contributed by atoms with E-state index in [1.165, 1.54) is 38.4 Å². The number of para-hydroxylation sites is 2. The summed E-state index contributed by atoms with van der Waals surface area (Å²) in [7, 11) is -0.982. The molecule has 136 valence electrons. The van der Waals surface area contributed by atoms with Crippen LogP contribution in [0.4, 0.5) is 11.4 Å². The lowest BCUT2D eigenvalue weighted by molar-refractivity contribution is 0.520. The van der Waals surface area contributed by atoms with Gasteiger partial charge in [-0.1, -0.05) is 12.1 Å². The normalized spacial score (nSPS) is 12.2. The first-order valence-corrected chi connectivity index (χ1v) is 10.3. The third-order valence-corrected chi connectivity index (χ3v) is 6.75. The van der Waals surface area contributed by atoms with Gasteiger partial charge in [-0.25, -0.2) is 21.1 Å². The molecule has 0 atom stereocenters. The maximum absolute atomic E-state index is 12.6. The van der Waals surface area contributed by atoms with E-state index in [1.54, 1.807) is 23.1 Å². The van der Waals surface area contributed by atoms with Crippen LogP contribution in [0.1, 0.15) is 0 Å². The Morgan fingerprint density at radius 3 is 1.80 bits per heavy atom. The molecule has 0 heterocycles. The van der Waals surface area contributed by atoms with Crippen LogP contribution in [0, 0.1) is 0 Å². The van der Waals surface area contributed by atoms with Crippen molar-refractivity contribution in [3.05, 3.63) is 48.5 Å². The number of anilines is 2. The molecule has 0 spiro atoms. The fraction of sp³-hybridized carbons (Fsp3) is 0.250. The number of rotatable bonds is 6. The Balaban J connectivity index is 2.36. The molecule has 7 nitrogen and oxygen atoms in total. The number of hydrogen-bond acceptors (Lipinski definition) is 5. The summed E-state index contributed by atoms with van der Waals surface area (Å²) in [4.78, 5) is 1.81. The van der Waals surface area contributed by atoms with Crippen LogP contribution in [0.2, 0.25) is 0 Å². The Hall–Kier alpha value is -2.10. The Kier molecular flexibility index (Phi) is 5.40. The standard InChI is InChI=1S/C16H21N3O4S2/c1-18(2)16-8-6-5-7-15(16)17-24(20,21)13-9-11-14(12-10-13)25(22,23)19(3)4/h5-12,17H,1-4H3. The van der Waals surface area contributed by atoms with Crippen molar-refractivity contribution in [1.29, 1.82) is 0 Å². The van der Waals surface area contributed by atoms with Gasteiger partial charge in [0.25, 0.3) is 10.0 Å². The number of hydrogen-bond donors (Lipinski definition) is 1. The fourth-order valence-corrected chi connectivity index (χ4v) is 4.13. The molecule has 1 N–H and O–H groups in total. The summed E-state index contributed by atoms with van der Waals surface area (Å²) in [5.41, 5.74) is 1.16. The van der Waals surface area contributed by atoms with Crippen LogP contribution < -0.4 is 9.62 Å². The van der Waals surface area contributed by atoms with Crippen LogP contribution in [0.5, 0.6) is 0 Å². The zero-order chi connectivity index (χ0) is 18.8. The minimum atomic E-state index is -3.84. The van der Waals surface area contributed by atoms with E-state index < -0.39 is 20.0 Å². The van der Waals surface area contributed by atoms with E-state index in [4.69, 9.17) is 0 Å². The zero-order valence-corrected chi connectivity index (χ0v) is 16.1. The van der Waals surface area contributed by atoms with Crippen LogP contribution in [0.3, 0.4) is 0 Å². The number of nitrogens with zero attached hydrogens (tertiary/aromatic N) is 2. The maximum Gasteiger partial charge on any atom is 0.261 e. The second kappa shape index (κ2) is 7.03. The van der Waals surface area contributed by atoms with Gasteiger partial charge in [-0.2, -0.15) is 0 Å². The molecular weight excluding hydrogens is 362 g/mol. The predicted molar refractivity (Wildman–Crippen MR) is 98.9 cm³/mol. The van der Waals surface area contributed by atoms with Gasteiger partial charge in [0, 0.05) is 28.2 Å². The first-order valence-electron chi connectivity index (χ1n) is 7.37. The first-order chi connectivity index (χ1) is 11.6. The Morgan fingerprint density at radius 2 is 1.28 bits per heavy atom. The van der Waals surface area contributed by atoms with Crippen molar-refractivity contribution < 1.29 is 16.8 Å². The topological polar surface area (TPSA) is 86.8 Å². The molecule has 0 unspecified atom stereocenters. The van der Waals surface area contributed by atoms with E-state index in [9.17, 15) is 16.8 Å². The Bertz CT molecular complexity index is 951. The zero-order valence-electron chi connectivity index (χ0n) is 14.5. The predicted octanol–water partition coefficient (Wildman–Crippen LogP) is 1.80. The van der Waals surface area contributed by atoms with Crippen LogP contribution in [0.15, 0.2) is 58.3 Å². The lowest BCUT2D eigenvalue weighted by Gasteiger charge is -2.18. The molecule has 0 saturated carbocycles. The van der Waals surface area contributed by atoms with Gasteiger partial charge in [0.1, 0.15) is 0 Å². The van der Waals surface area contributed by atoms with Gasteiger partial charge in [0.15, 0.2) is 0 Å². The molecule has 2 aromatic rings. The first kappa shape index (κ1) is 19.2. The quantitative estimate of drug-likeness (QED) is 0.822. The van der Waals surface area contributed by atoms with Gasteiger partial charge in [-0.05, 0) is 36.4 Å². The van der Waals surface area contributed by atoms with Crippen molar-refractivity contribution in [3.8, 4) is 0 Å². The van der Waals surface area contributed by atoms with Crippen LogP contribution >= 0.6 is 0 Å². The summed E-state index contributed by atoms with van der Waals surface area (Å²) in [6.45, 7) is 0. The molecule has 0 amide bonds. The molecule has 2 aromatic carbocycles. The molecule has 0 saturated heterocycles. The maximum atomic E-state index is 12.6. The third kappa shape index (κ3) is 4.12. The van der Waals surface area contributed by atoms with Gasteiger partial charge in [-0.3, -0.25) is 4.72 Å². The monoisotopic (exact) mass is 383 g/mol. The summed E-state index contributed by atoms with van der Waals surface area (Å²) in [5, 5.41) is 0. The molecule has 0 aromatic heterocycles. The van der Waals surface area contributed by atoms with E-state index in [0.29, 0.717) is 5.69 Å². The summed E-state index contributed by atoms with van der Waals surface area (Å²) in [6.07, 6.45) is 0. The molecule has 0 aliphatic heterocycles. The summed E-state index contributed by atoms with van der Waals surface area (Å²) in [5.74, 6) is 0. The highest BCUT2D eigenvalue weighted by Crippen LogP contribution is 2.26. The lowest BCUT2D eigenvalue weighted by atomic mass is 10.2. The minimum Gasteiger partial charge on any atom is -0.376 e. The SMILES string of the molecule is CN(C)c1ccccc1NS(=O)(=O)c1ccc(S(=O)(=O)N(C)C)cc1. The van der Waals surface area contributed by atoms with Gasteiger partial charge in [0.2, 0.25) is 10.0 Å². The van der Waals surface area contributed by atoms with Gasteiger partial charge >= 0.3 is 0 Å². The van der Waals surface area contributed by atoms with E-state index in [1.807, 2.05) is 20.2 Å². The second-order valence-corrected chi connectivity index (χ2v) is 9.61. The third-order valence-electron chi connectivity index (χ3n) is 3.54. The summed E-state index contributed by atoms with van der Waals surface area (Å²) >= 11 is 0. The second-order valence-electron chi connectivity index (χ2n) is 5.78. The average molecular weight is 383 g/mol. The lowest BCUT2D eigenvalue weighted by Crippen LogP contribution is -2.22. The molecule has 2 rings (SSSR count). The van der Waals surface area contributed by atoms with Crippen molar-refractivity contribution in [1.82, 2.24) is 4.31 Å². The summed E-state index contributed by atoms with van der Waals surface area (Å²) < 4.78 is 52.9. The van der Waals surface area contributed by atoms with Crippen LogP contribution in [-0.4, -0.2) is 49.3 Å². The van der Waals surface area contributed by atoms with Crippen molar-refractivity contribution in [2.24, 2.45) is 0 Å². The largest absolute Gasteiger partial charge is 0.376 e. The van der Waals surface area contributed by atoms with E-state index >= 15 is 0 Å². The van der Waals surface area contributed by atoms with Gasteiger partial charge < -0.3 is 4.90 Å². The molecule has 0 radical (unpaired) electrons. The highest BCUT2D eigenvalue weighted by atomic mass is 32.2. The van der Waals surface area contributed by atoms with E-state index in [2.05, 4.69) is 4.72 Å². The highest BCUT2D eigenvalue weighted by molar-refractivity contribution is 7.92. The smallest absolute Gasteiger partial charge is 0.261 e. The van der Waals surface area contributed by atoms with E-state index in [-0.39, 0.29) is 9.79 Å².